The van der Waals surface area contributed by atoms with E-state index in [0.29, 0.717) is 17.5 Å². The van der Waals surface area contributed by atoms with E-state index in [0.717, 1.165) is 16.8 Å². The van der Waals surface area contributed by atoms with Crippen LogP contribution in [0.15, 0.2) is 71.5 Å². The molecule has 3 aromatic heterocycles. The zero-order valence-corrected chi connectivity index (χ0v) is 16.1. The highest BCUT2D eigenvalue weighted by Gasteiger charge is 2.18. The monoisotopic (exact) mass is 389 g/mol. The molecule has 0 aliphatic carbocycles. The number of hydrogen-bond acceptors (Lipinski definition) is 6. The molecule has 0 amide bonds. The van der Waals surface area contributed by atoms with Gasteiger partial charge in [-0.3, -0.25) is 4.98 Å². The fourth-order valence-electron chi connectivity index (χ4n) is 2.94. The van der Waals surface area contributed by atoms with Gasteiger partial charge in [0.25, 0.3) is 5.89 Å². The van der Waals surface area contributed by atoms with Gasteiger partial charge in [-0.15, -0.1) is 0 Å². The third kappa shape index (κ3) is 4.29. The van der Waals surface area contributed by atoms with E-state index < -0.39 is 0 Å². The van der Waals surface area contributed by atoms with Gasteiger partial charge >= 0.3 is 0 Å². The molecule has 6 nitrogen and oxygen atoms in total. The summed E-state index contributed by atoms with van der Waals surface area (Å²) in [5.74, 6) is 1.54. The number of pyridine rings is 2. The SMILES string of the molecule is CC(C)c1noc(-c2ccnc(NC(c3cccc(F)c3)c3ccccn3)c2)n1. The summed E-state index contributed by atoms with van der Waals surface area (Å²) in [5, 5.41) is 7.36. The van der Waals surface area contributed by atoms with Gasteiger partial charge in [0, 0.05) is 23.9 Å². The van der Waals surface area contributed by atoms with Crippen molar-refractivity contribution in [2.75, 3.05) is 5.32 Å². The van der Waals surface area contributed by atoms with Crippen LogP contribution in [0.3, 0.4) is 0 Å². The summed E-state index contributed by atoms with van der Waals surface area (Å²) < 4.78 is 19.2. The van der Waals surface area contributed by atoms with Crippen LogP contribution < -0.4 is 5.32 Å². The first kappa shape index (κ1) is 18.7. The number of hydrogen-bond donors (Lipinski definition) is 1. The molecule has 1 atom stereocenters. The summed E-state index contributed by atoms with van der Waals surface area (Å²) in [6.45, 7) is 4.01. The molecule has 0 bridgehead atoms. The van der Waals surface area contributed by atoms with Crippen molar-refractivity contribution >= 4 is 5.82 Å². The third-order valence-electron chi connectivity index (χ3n) is 4.42. The molecule has 7 heteroatoms. The fourth-order valence-corrected chi connectivity index (χ4v) is 2.94. The van der Waals surface area contributed by atoms with Gasteiger partial charge in [0.2, 0.25) is 0 Å². The molecular weight excluding hydrogens is 369 g/mol. The minimum absolute atomic E-state index is 0.174. The summed E-state index contributed by atoms with van der Waals surface area (Å²) in [6.07, 6.45) is 3.37. The average molecular weight is 389 g/mol. The summed E-state index contributed by atoms with van der Waals surface area (Å²) in [4.78, 5) is 13.3. The lowest BCUT2D eigenvalue weighted by Crippen LogP contribution is -2.14. The van der Waals surface area contributed by atoms with Crippen LogP contribution in [0.4, 0.5) is 10.2 Å². The first-order chi connectivity index (χ1) is 14.1. The van der Waals surface area contributed by atoms with Crippen LogP contribution in [0.25, 0.3) is 11.5 Å². The molecule has 1 N–H and O–H groups in total. The fraction of sp³-hybridized carbons (Fsp3) is 0.182. The molecule has 4 rings (SSSR count). The van der Waals surface area contributed by atoms with E-state index in [4.69, 9.17) is 4.52 Å². The molecular formula is C22H20FN5O. The van der Waals surface area contributed by atoms with Crippen LogP contribution in [0.1, 0.15) is 42.9 Å². The highest BCUT2D eigenvalue weighted by Crippen LogP contribution is 2.27. The van der Waals surface area contributed by atoms with Crippen molar-refractivity contribution in [3.8, 4) is 11.5 Å². The van der Waals surface area contributed by atoms with Crippen LogP contribution in [0.5, 0.6) is 0 Å². The van der Waals surface area contributed by atoms with Gasteiger partial charge in [-0.2, -0.15) is 4.98 Å². The summed E-state index contributed by atoms with van der Waals surface area (Å²) in [6, 6.07) is 15.3. The second-order valence-electron chi connectivity index (χ2n) is 6.93. The lowest BCUT2D eigenvalue weighted by Gasteiger charge is -2.19. The molecule has 1 unspecified atom stereocenters. The maximum absolute atomic E-state index is 13.8. The lowest BCUT2D eigenvalue weighted by molar-refractivity contribution is 0.419. The molecule has 4 aromatic rings. The van der Waals surface area contributed by atoms with Gasteiger partial charge in [0.05, 0.1) is 11.7 Å². The number of nitrogens with zero attached hydrogens (tertiary/aromatic N) is 4. The Bertz CT molecular complexity index is 1100. The number of halogens is 1. The Morgan fingerprint density at radius 2 is 1.86 bits per heavy atom. The second-order valence-corrected chi connectivity index (χ2v) is 6.93. The Morgan fingerprint density at radius 3 is 2.59 bits per heavy atom. The number of benzene rings is 1. The van der Waals surface area contributed by atoms with E-state index in [-0.39, 0.29) is 17.8 Å². The first-order valence-corrected chi connectivity index (χ1v) is 9.33. The largest absolute Gasteiger partial charge is 0.358 e. The molecule has 0 spiro atoms. The first-order valence-electron chi connectivity index (χ1n) is 9.33. The Kier molecular flexibility index (Phi) is 5.29. The zero-order chi connectivity index (χ0) is 20.2. The number of rotatable bonds is 6. The van der Waals surface area contributed by atoms with Gasteiger partial charge in [0.1, 0.15) is 11.6 Å². The van der Waals surface area contributed by atoms with Gasteiger partial charge in [-0.05, 0) is 42.0 Å². The number of anilines is 1. The summed E-state index contributed by atoms with van der Waals surface area (Å²) in [7, 11) is 0. The van der Waals surface area contributed by atoms with Crippen LogP contribution in [0, 0.1) is 5.82 Å². The Morgan fingerprint density at radius 1 is 0.966 bits per heavy atom. The Labute approximate surface area is 167 Å². The summed E-state index contributed by atoms with van der Waals surface area (Å²) in [5.41, 5.74) is 2.25. The van der Waals surface area contributed by atoms with Crippen molar-refractivity contribution in [1.82, 2.24) is 20.1 Å². The van der Waals surface area contributed by atoms with Crippen LogP contribution >= 0.6 is 0 Å². The van der Waals surface area contributed by atoms with Gasteiger partial charge in [0.15, 0.2) is 5.82 Å². The average Bonchev–Trinajstić information content (AvgIpc) is 3.24. The highest BCUT2D eigenvalue weighted by atomic mass is 19.1. The van der Waals surface area contributed by atoms with Crippen molar-refractivity contribution in [2.24, 2.45) is 0 Å². The highest BCUT2D eigenvalue weighted by molar-refractivity contribution is 5.58. The van der Waals surface area contributed by atoms with E-state index in [1.54, 1.807) is 24.5 Å². The molecule has 3 heterocycles. The van der Waals surface area contributed by atoms with Crippen molar-refractivity contribution < 1.29 is 8.91 Å². The van der Waals surface area contributed by atoms with Crippen LogP contribution in [0.2, 0.25) is 0 Å². The predicted molar refractivity (Wildman–Crippen MR) is 108 cm³/mol. The van der Waals surface area contributed by atoms with E-state index in [1.165, 1.54) is 12.1 Å². The minimum Gasteiger partial charge on any atom is -0.358 e. The third-order valence-corrected chi connectivity index (χ3v) is 4.42. The number of nitrogens with one attached hydrogen (secondary N) is 1. The van der Waals surface area contributed by atoms with Crippen LogP contribution in [-0.4, -0.2) is 20.1 Å². The van der Waals surface area contributed by atoms with Crippen LogP contribution in [-0.2, 0) is 0 Å². The van der Waals surface area contributed by atoms with Gasteiger partial charge < -0.3 is 9.84 Å². The van der Waals surface area contributed by atoms with E-state index in [1.807, 2.05) is 44.2 Å². The number of aromatic nitrogens is 4. The predicted octanol–water partition coefficient (Wildman–Crippen LogP) is 4.99. The zero-order valence-electron chi connectivity index (χ0n) is 16.1. The van der Waals surface area contributed by atoms with Crippen molar-refractivity contribution in [2.45, 2.75) is 25.8 Å². The molecule has 0 saturated carbocycles. The van der Waals surface area contributed by atoms with E-state index in [9.17, 15) is 4.39 Å². The molecule has 1 aromatic carbocycles. The molecule has 0 radical (unpaired) electrons. The maximum atomic E-state index is 13.8. The molecule has 0 aliphatic rings. The smallest absolute Gasteiger partial charge is 0.258 e. The van der Waals surface area contributed by atoms with Gasteiger partial charge in [-0.1, -0.05) is 37.2 Å². The topological polar surface area (TPSA) is 76.7 Å². The molecule has 0 fully saturated rings. The molecule has 0 aliphatic heterocycles. The Hall–Kier alpha value is -3.61. The Balaban J connectivity index is 1.67. The minimum atomic E-state index is -0.372. The standard InChI is InChI=1S/C22H20FN5O/c1-14(2)21-27-22(29-28-21)16-9-11-25-19(13-16)26-20(18-8-3-4-10-24-18)15-6-5-7-17(23)12-15/h3-14,20H,1-2H3,(H,25,26). The van der Waals surface area contributed by atoms with E-state index in [2.05, 4.69) is 25.4 Å². The van der Waals surface area contributed by atoms with Crippen molar-refractivity contribution in [1.29, 1.82) is 0 Å². The second kappa shape index (κ2) is 8.18. The molecule has 29 heavy (non-hydrogen) atoms. The van der Waals surface area contributed by atoms with Crippen molar-refractivity contribution in [3.05, 3.63) is 89.9 Å². The van der Waals surface area contributed by atoms with Crippen molar-refractivity contribution in [3.63, 3.8) is 0 Å². The molecule has 146 valence electrons. The lowest BCUT2D eigenvalue weighted by atomic mass is 10.0. The normalized spacial score (nSPS) is 12.1. The quantitative estimate of drug-likeness (QED) is 0.501. The van der Waals surface area contributed by atoms with Gasteiger partial charge in [-0.25, -0.2) is 9.37 Å². The summed E-state index contributed by atoms with van der Waals surface area (Å²) >= 11 is 0. The molecule has 0 saturated heterocycles. The maximum Gasteiger partial charge on any atom is 0.258 e. The van der Waals surface area contributed by atoms with E-state index >= 15 is 0 Å².